The van der Waals surface area contributed by atoms with E-state index in [4.69, 9.17) is 9.47 Å². The maximum Gasteiger partial charge on any atom is 0.259 e. The van der Waals surface area contributed by atoms with Gasteiger partial charge in [-0.25, -0.2) is 0 Å². The normalized spacial score (nSPS) is 11.4. The highest BCUT2D eigenvalue weighted by molar-refractivity contribution is 6.10. The standard InChI is InChI=1S/C20H24N2O4/c1-5-13(2)21-19(23)15-8-6-7-9-17(15)22-20(24)16-12-14(25-3)10-11-18(16)26-4/h6-13H,5H2,1-4H3,(H,21,23)(H,22,24). The molecular formula is C20H24N2O4. The monoisotopic (exact) mass is 356 g/mol. The predicted molar refractivity (Wildman–Crippen MR) is 101 cm³/mol. The molecule has 1 unspecified atom stereocenters. The van der Waals surface area contributed by atoms with Crippen molar-refractivity contribution in [1.82, 2.24) is 5.32 Å². The summed E-state index contributed by atoms with van der Waals surface area (Å²) >= 11 is 0. The minimum Gasteiger partial charge on any atom is -0.497 e. The van der Waals surface area contributed by atoms with Crippen LogP contribution in [0.3, 0.4) is 0 Å². The Kier molecular flexibility index (Phi) is 6.60. The summed E-state index contributed by atoms with van der Waals surface area (Å²) in [6.45, 7) is 3.92. The third kappa shape index (κ3) is 4.53. The molecule has 0 radical (unpaired) electrons. The van der Waals surface area contributed by atoms with Gasteiger partial charge < -0.3 is 20.1 Å². The maximum absolute atomic E-state index is 12.7. The molecule has 0 saturated carbocycles. The topological polar surface area (TPSA) is 76.7 Å². The highest BCUT2D eigenvalue weighted by Gasteiger charge is 2.18. The molecule has 0 aliphatic heterocycles. The lowest BCUT2D eigenvalue weighted by molar-refractivity contribution is 0.0940. The van der Waals surface area contributed by atoms with E-state index < -0.39 is 0 Å². The summed E-state index contributed by atoms with van der Waals surface area (Å²) in [5, 5.41) is 5.69. The fourth-order valence-electron chi connectivity index (χ4n) is 2.37. The van der Waals surface area contributed by atoms with Crippen LogP contribution in [0.25, 0.3) is 0 Å². The van der Waals surface area contributed by atoms with E-state index in [9.17, 15) is 9.59 Å². The summed E-state index contributed by atoms with van der Waals surface area (Å²) in [6.07, 6.45) is 0.821. The zero-order valence-electron chi connectivity index (χ0n) is 15.5. The van der Waals surface area contributed by atoms with Crippen LogP contribution >= 0.6 is 0 Å². The average Bonchev–Trinajstić information content (AvgIpc) is 2.67. The van der Waals surface area contributed by atoms with Crippen molar-refractivity contribution in [2.45, 2.75) is 26.3 Å². The minimum atomic E-state index is -0.385. The summed E-state index contributed by atoms with van der Waals surface area (Å²) in [5.41, 5.74) is 1.16. The molecule has 26 heavy (non-hydrogen) atoms. The number of carbonyl (C=O) groups is 2. The van der Waals surface area contributed by atoms with Crippen molar-refractivity contribution in [1.29, 1.82) is 0 Å². The molecule has 0 aliphatic carbocycles. The SMILES string of the molecule is CCC(C)NC(=O)c1ccccc1NC(=O)c1cc(OC)ccc1OC. The van der Waals surface area contributed by atoms with Gasteiger partial charge in [-0.1, -0.05) is 19.1 Å². The Morgan fingerprint density at radius 2 is 1.73 bits per heavy atom. The second-order valence-electron chi connectivity index (χ2n) is 5.85. The Morgan fingerprint density at radius 1 is 1.00 bits per heavy atom. The highest BCUT2D eigenvalue weighted by atomic mass is 16.5. The molecule has 0 fully saturated rings. The van der Waals surface area contributed by atoms with Crippen LogP contribution in [0.5, 0.6) is 11.5 Å². The molecule has 1 atom stereocenters. The third-order valence-electron chi connectivity index (χ3n) is 4.06. The van der Waals surface area contributed by atoms with Crippen LogP contribution in [0.2, 0.25) is 0 Å². The zero-order chi connectivity index (χ0) is 19.1. The molecule has 0 spiro atoms. The van der Waals surface area contributed by atoms with Crippen molar-refractivity contribution in [2.24, 2.45) is 0 Å². The van der Waals surface area contributed by atoms with Crippen molar-refractivity contribution >= 4 is 17.5 Å². The molecule has 2 aromatic rings. The van der Waals surface area contributed by atoms with Gasteiger partial charge in [0.1, 0.15) is 11.5 Å². The average molecular weight is 356 g/mol. The van der Waals surface area contributed by atoms with Gasteiger partial charge in [0.25, 0.3) is 11.8 Å². The number of benzene rings is 2. The molecule has 0 aliphatic rings. The zero-order valence-corrected chi connectivity index (χ0v) is 15.5. The first-order valence-electron chi connectivity index (χ1n) is 8.43. The Balaban J connectivity index is 2.29. The first-order valence-corrected chi connectivity index (χ1v) is 8.43. The second-order valence-corrected chi connectivity index (χ2v) is 5.85. The van der Waals surface area contributed by atoms with Gasteiger partial charge >= 0.3 is 0 Å². The minimum absolute atomic E-state index is 0.0461. The smallest absolute Gasteiger partial charge is 0.259 e. The van der Waals surface area contributed by atoms with E-state index in [1.165, 1.54) is 14.2 Å². The number of carbonyl (C=O) groups excluding carboxylic acids is 2. The molecule has 2 rings (SSSR count). The van der Waals surface area contributed by atoms with E-state index in [-0.39, 0.29) is 17.9 Å². The van der Waals surface area contributed by atoms with Gasteiger partial charge in [-0.05, 0) is 43.7 Å². The summed E-state index contributed by atoms with van der Waals surface area (Å²) in [5.74, 6) is 0.348. The Morgan fingerprint density at radius 3 is 2.38 bits per heavy atom. The van der Waals surface area contributed by atoms with E-state index >= 15 is 0 Å². The van der Waals surface area contributed by atoms with Gasteiger partial charge in [-0.15, -0.1) is 0 Å². The van der Waals surface area contributed by atoms with Gasteiger partial charge in [-0.3, -0.25) is 9.59 Å². The summed E-state index contributed by atoms with van der Waals surface area (Å²) in [7, 11) is 3.02. The summed E-state index contributed by atoms with van der Waals surface area (Å²) in [4.78, 5) is 25.2. The van der Waals surface area contributed by atoms with Crippen LogP contribution in [0.15, 0.2) is 42.5 Å². The quantitative estimate of drug-likeness (QED) is 0.796. The fourth-order valence-corrected chi connectivity index (χ4v) is 2.37. The van der Waals surface area contributed by atoms with E-state index in [0.717, 1.165) is 6.42 Å². The number of methoxy groups -OCH3 is 2. The predicted octanol–water partition coefficient (Wildman–Crippen LogP) is 3.48. The Bertz CT molecular complexity index is 789. The van der Waals surface area contributed by atoms with Crippen molar-refractivity contribution < 1.29 is 19.1 Å². The lowest BCUT2D eigenvalue weighted by Gasteiger charge is -2.15. The molecule has 138 valence electrons. The highest BCUT2D eigenvalue weighted by Crippen LogP contribution is 2.25. The molecule has 0 heterocycles. The van der Waals surface area contributed by atoms with Gasteiger partial charge in [0, 0.05) is 6.04 Å². The van der Waals surface area contributed by atoms with Gasteiger partial charge in [-0.2, -0.15) is 0 Å². The number of hydrogen-bond acceptors (Lipinski definition) is 4. The molecule has 2 N–H and O–H groups in total. The lowest BCUT2D eigenvalue weighted by Crippen LogP contribution is -2.32. The number of para-hydroxylation sites is 1. The van der Waals surface area contributed by atoms with Crippen molar-refractivity contribution in [3.63, 3.8) is 0 Å². The van der Waals surface area contributed by atoms with Crippen molar-refractivity contribution in [2.75, 3.05) is 19.5 Å². The first-order chi connectivity index (χ1) is 12.5. The van der Waals surface area contributed by atoms with E-state index in [2.05, 4.69) is 10.6 Å². The molecule has 6 heteroatoms. The number of anilines is 1. The van der Waals surface area contributed by atoms with Crippen LogP contribution in [0.1, 0.15) is 41.0 Å². The molecule has 2 aromatic carbocycles. The third-order valence-corrected chi connectivity index (χ3v) is 4.06. The van der Waals surface area contributed by atoms with E-state index in [1.54, 1.807) is 42.5 Å². The van der Waals surface area contributed by atoms with E-state index in [0.29, 0.717) is 28.3 Å². The van der Waals surface area contributed by atoms with Crippen molar-refractivity contribution in [3.05, 3.63) is 53.6 Å². The number of nitrogens with one attached hydrogen (secondary N) is 2. The van der Waals surface area contributed by atoms with Gasteiger partial charge in [0.2, 0.25) is 0 Å². The Hall–Kier alpha value is -3.02. The van der Waals surface area contributed by atoms with Crippen LogP contribution in [-0.2, 0) is 0 Å². The number of amides is 2. The van der Waals surface area contributed by atoms with Crippen LogP contribution in [0.4, 0.5) is 5.69 Å². The molecule has 0 aromatic heterocycles. The van der Waals surface area contributed by atoms with Gasteiger partial charge in [0.05, 0.1) is 31.0 Å². The fraction of sp³-hybridized carbons (Fsp3) is 0.300. The van der Waals surface area contributed by atoms with Crippen LogP contribution < -0.4 is 20.1 Å². The molecule has 2 amide bonds. The summed E-state index contributed by atoms with van der Waals surface area (Å²) in [6, 6.07) is 11.9. The number of rotatable bonds is 7. The first kappa shape index (κ1) is 19.3. The number of hydrogen-bond donors (Lipinski definition) is 2. The van der Waals surface area contributed by atoms with Crippen LogP contribution in [-0.4, -0.2) is 32.1 Å². The molecule has 0 bridgehead atoms. The number of ether oxygens (including phenoxy) is 2. The second kappa shape index (κ2) is 8.89. The largest absolute Gasteiger partial charge is 0.497 e. The Labute approximate surface area is 153 Å². The molecule has 0 saturated heterocycles. The lowest BCUT2D eigenvalue weighted by atomic mass is 10.1. The summed E-state index contributed by atoms with van der Waals surface area (Å²) < 4.78 is 10.4. The molecule has 6 nitrogen and oxygen atoms in total. The van der Waals surface area contributed by atoms with E-state index in [1.807, 2.05) is 13.8 Å². The van der Waals surface area contributed by atoms with Crippen LogP contribution in [0, 0.1) is 0 Å². The van der Waals surface area contributed by atoms with Crippen molar-refractivity contribution in [3.8, 4) is 11.5 Å². The maximum atomic E-state index is 12.7. The van der Waals surface area contributed by atoms with Gasteiger partial charge in [0.15, 0.2) is 0 Å². The molecular weight excluding hydrogens is 332 g/mol.